The molecule has 0 atom stereocenters. The number of rotatable bonds is 9. The maximum Gasteiger partial charge on any atom is 1.00 e. The average molecular weight is 386 g/mol. The summed E-state index contributed by atoms with van der Waals surface area (Å²) < 4.78 is 38.2. The van der Waals surface area contributed by atoms with Crippen LogP contribution >= 0.6 is 0 Å². The van der Waals surface area contributed by atoms with E-state index in [1.165, 1.54) is 24.3 Å². The molecule has 0 spiro atoms. The molecular formula is C19H23NaO5S. The summed E-state index contributed by atoms with van der Waals surface area (Å²) >= 11 is 0. The van der Waals surface area contributed by atoms with E-state index < -0.39 is 10.1 Å². The van der Waals surface area contributed by atoms with Crippen molar-refractivity contribution >= 4 is 10.1 Å². The number of hydrogen-bond acceptors (Lipinski definition) is 4. The molecule has 0 heterocycles. The van der Waals surface area contributed by atoms with Crippen molar-refractivity contribution in [3.05, 3.63) is 48.0 Å². The van der Waals surface area contributed by atoms with Gasteiger partial charge in [0.25, 0.3) is 10.1 Å². The molecule has 0 bridgehead atoms. The van der Waals surface area contributed by atoms with Crippen molar-refractivity contribution in [1.29, 1.82) is 0 Å². The molecule has 0 unspecified atom stereocenters. The first-order valence-electron chi connectivity index (χ1n) is 8.45. The van der Waals surface area contributed by atoms with Crippen LogP contribution in [0.25, 0.3) is 0 Å². The fourth-order valence-electron chi connectivity index (χ4n) is 2.66. The molecule has 0 aliphatic carbocycles. The molecule has 0 amide bonds. The summed E-state index contributed by atoms with van der Waals surface area (Å²) in [6.07, 6.45) is 5.77. The van der Waals surface area contributed by atoms with Gasteiger partial charge in [-0.2, -0.15) is 8.42 Å². The van der Waals surface area contributed by atoms with Crippen molar-refractivity contribution in [1.82, 2.24) is 0 Å². The fraction of sp³-hybridized carbons (Fsp3) is 0.368. The summed E-state index contributed by atoms with van der Waals surface area (Å²) in [5.41, 5.74) is 0.523. The molecule has 0 radical (unpaired) electrons. The first-order chi connectivity index (χ1) is 11.9. The third-order valence-corrected chi connectivity index (χ3v) is 4.85. The van der Waals surface area contributed by atoms with Crippen molar-refractivity contribution in [2.24, 2.45) is 0 Å². The maximum absolute atomic E-state index is 11.6. The second kappa shape index (κ2) is 10.9. The van der Waals surface area contributed by atoms with Crippen LogP contribution in [0.4, 0.5) is 0 Å². The number of unbranched alkanes of at least 4 members (excludes halogenated alkanes) is 4. The Labute approximate surface area is 177 Å². The minimum Gasteiger partial charge on any atom is -0.872 e. The summed E-state index contributed by atoms with van der Waals surface area (Å²) in [5, 5.41) is 11.4. The molecule has 0 aliphatic rings. The smallest absolute Gasteiger partial charge is 0.872 e. The molecule has 0 saturated heterocycles. The standard InChI is InChI=1S/C19H24O5S.Na/c1-2-3-4-5-6-8-15-13-18(11-12-19(15)25(21,22)23)24-17-10-7-9-16(20)14-17;/h7,9-14,20H,2-6,8H2,1H3,(H,21,22,23);/q;+1/p-1. The third kappa shape index (κ3) is 7.29. The third-order valence-electron chi connectivity index (χ3n) is 3.90. The van der Waals surface area contributed by atoms with E-state index >= 15 is 0 Å². The summed E-state index contributed by atoms with van der Waals surface area (Å²) in [6, 6.07) is 10.5. The Morgan fingerprint density at radius 2 is 1.69 bits per heavy atom. The summed E-state index contributed by atoms with van der Waals surface area (Å²) in [7, 11) is -4.28. The quantitative estimate of drug-likeness (QED) is 0.399. The normalized spacial score (nSPS) is 11.0. The van der Waals surface area contributed by atoms with E-state index in [0.29, 0.717) is 23.5 Å². The number of ether oxygens (including phenoxy) is 1. The van der Waals surface area contributed by atoms with Gasteiger partial charge in [0.05, 0.1) is 4.90 Å². The Balaban J connectivity index is 0.00000338. The van der Waals surface area contributed by atoms with Gasteiger partial charge in [0.1, 0.15) is 11.5 Å². The van der Waals surface area contributed by atoms with Crippen molar-refractivity contribution in [2.45, 2.75) is 50.3 Å². The van der Waals surface area contributed by atoms with Crippen LogP contribution < -0.4 is 39.4 Å². The Kier molecular flexibility index (Phi) is 9.68. The van der Waals surface area contributed by atoms with Crippen molar-refractivity contribution < 1.29 is 52.4 Å². The van der Waals surface area contributed by atoms with Crippen molar-refractivity contribution in [2.75, 3.05) is 0 Å². The van der Waals surface area contributed by atoms with Crippen LogP contribution in [0.2, 0.25) is 0 Å². The van der Waals surface area contributed by atoms with E-state index in [1.54, 1.807) is 18.2 Å². The van der Waals surface area contributed by atoms with E-state index in [-0.39, 0.29) is 40.2 Å². The van der Waals surface area contributed by atoms with Gasteiger partial charge in [-0.05, 0) is 48.7 Å². The number of aryl methyl sites for hydroxylation is 1. The number of hydrogen-bond donors (Lipinski definition) is 1. The van der Waals surface area contributed by atoms with Gasteiger partial charge in [0.2, 0.25) is 0 Å². The van der Waals surface area contributed by atoms with Crippen LogP contribution in [0.3, 0.4) is 0 Å². The molecule has 0 saturated carbocycles. The first kappa shape index (κ1) is 23.0. The van der Waals surface area contributed by atoms with Gasteiger partial charge in [0.15, 0.2) is 0 Å². The molecule has 1 N–H and O–H groups in total. The zero-order chi connectivity index (χ0) is 18.3. The van der Waals surface area contributed by atoms with Crippen LogP contribution in [0, 0.1) is 0 Å². The summed E-state index contributed by atoms with van der Waals surface area (Å²) in [5.74, 6) is 0.658. The first-order valence-corrected chi connectivity index (χ1v) is 9.89. The molecule has 2 aromatic carbocycles. The van der Waals surface area contributed by atoms with E-state index in [0.717, 1.165) is 32.1 Å². The molecule has 136 valence electrons. The largest absolute Gasteiger partial charge is 1.00 e. The Bertz CT molecular complexity index is 805. The van der Waals surface area contributed by atoms with E-state index in [2.05, 4.69) is 6.92 Å². The van der Waals surface area contributed by atoms with Crippen molar-refractivity contribution in [3.63, 3.8) is 0 Å². The van der Waals surface area contributed by atoms with Crippen molar-refractivity contribution in [3.8, 4) is 17.2 Å². The second-order valence-electron chi connectivity index (χ2n) is 5.99. The number of benzene rings is 2. The van der Waals surface area contributed by atoms with E-state index in [1.807, 2.05) is 0 Å². The predicted molar refractivity (Wildman–Crippen MR) is 94.7 cm³/mol. The van der Waals surface area contributed by atoms with Gasteiger partial charge in [-0.3, -0.25) is 4.55 Å². The molecule has 0 aliphatic heterocycles. The van der Waals surface area contributed by atoms with Gasteiger partial charge in [0, 0.05) is 0 Å². The molecule has 26 heavy (non-hydrogen) atoms. The van der Waals surface area contributed by atoms with Crippen LogP contribution in [0.15, 0.2) is 47.4 Å². The SMILES string of the molecule is CCCCCCCc1cc(Oc2cccc([O-])c2)ccc1S(=O)(=O)O.[Na+]. The van der Waals surface area contributed by atoms with Gasteiger partial charge in [-0.1, -0.05) is 44.7 Å². The zero-order valence-corrected chi connectivity index (χ0v) is 18.1. The summed E-state index contributed by atoms with van der Waals surface area (Å²) in [6.45, 7) is 2.13. The van der Waals surface area contributed by atoms with Crippen LogP contribution in [0.1, 0.15) is 44.6 Å². The van der Waals surface area contributed by atoms with Gasteiger partial charge < -0.3 is 9.84 Å². The topological polar surface area (TPSA) is 86.7 Å². The molecular weight excluding hydrogens is 363 g/mol. The van der Waals surface area contributed by atoms with Gasteiger partial charge in [-0.25, -0.2) is 0 Å². The Hall–Kier alpha value is -1.05. The van der Waals surface area contributed by atoms with E-state index in [4.69, 9.17) is 4.74 Å². The molecule has 0 aromatic heterocycles. The van der Waals surface area contributed by atoms with Crippen LogP contribution in [0.5, 0.6) is 17.2 Å². The zero-order valence-electron chi connectivity index (χ0n) is 15.3. The minimum absolute atomic E-state index is 0. The minimum atomic E-state index is -4.28. The molecule has 2 aromatic rings. The molecule has 0 fully saturated rings. The monoisotopic (exact) mass is 386 g/mol. The van der Waals surface area contributed by atoms with Gasteiger partial charge in [-0.15, -0.1) is 5.75 Å². The van der Waals surface area contributed by atoms with Gasteiger partial charge >= 0.3 is 29.6 Å². The average Bonchev–Trinajstić information content (AvgIpc) is 2.54. The Morgan fingerprint density at radius 3 is 2.35 bits per heavy atom. The maximum atomic E-state index is 11.6. The van der Waals surface area contributed by atoms with Crippen LogP contribution in [-0.2, 0) is 16.5 Å². The van der Waals surface area contributed by atoms with E-state index in [9.17, 15) is 18.1 Å². The molecule has 2 rings (SSSR count). The second-order valence-corrected chi connectivity index (χ2v) is 7.38. The van der Waals surface area contributed by atoms with Crippen LogP contribution in [-0.4, -0.2) is 13.0 Å². The molecule has 7 heteroatoms. The summed E-state index contributed by atoms with van der Waals surface area (Å²) in [4.78, 5) is -0.0899. The fourth-order valence-corrected chi connectivity index (χ4v) is 3.39. The molecule has 5 nitrogen and oxygen atoms in total. The Morgan fingerprint density at radius 1 is 1.00 bits per heavy atom. The predicted octanol–water partition coefficient (Wildman–Crippen LogP) is 1.32.